The summed E-state index contributed by atoms with van der Waals surface area (Å²) in [6.45, 7) is 8.80. The molecule has 1 atom stereocenters. The molecular formula is C18H24N2O7. The van der Waals surface area contributed by atoms with E-state index in [1.807, 2.05) is 27.7 Å². The number of non-ortho nitro benzene ring substituents is 1. The van der Waals surface area contributed by atoms with Crippen LogP contribution >= 0.6 is 0 Å². The topological polar surface area (TPSA) is 116 Å². The normalized spacial score (nSPS) is 11.9. The number of carbonyl (C=O) groups excluding carboxylic acids is 3. The lowest BCUT2D eigenvalue weighted by atomic mass is 10.1. The van der Waals surface area contributed by atoms with E-state index in [9.17, 15) is 24.5 Å². The van der Waals surface area contributed by atoms with Gasteiger partial charge in [-0.25, -0.2) is 9.59 Å². The van der Waals surface area contributed by atoms with Gasteiger partial charge < -0.3 is 14.4 Å². The molecule has 0 saturated carbocycles. The number of esters is 2. The number of ether oxygens (including phenoxy) is 2. The van der Waals surface area contributed by atoms with Gasteiger partial charge in [-0.2, -0.15) is 0 Å². The van der Waals surface area contributed by atoms with Gasteiger partial charge in [0.05, 0.1) is 23.2 Å². The summed E-state index contributed by atoms with van der Waals surface area (Å²) in [6, 6.07) is 2.91. The van der Waals surface area contributed by atoms with Crippen molar-refractivity contribution in [2.24, 2.45) is 0 Å². The summed E-state index contributed by atoms with van der Waals surface area (Å²) in [5.74, 6) is -2.16. The Bertz CT molecular complexity index is 735. The standard InChI is InChI=1S/C18H24N2O7/c1-10(2)19(11(3)4)16(21)12(5)27-18(23)14-7-13(17(22)26-6)8-15(9-14)20(24)25/h7-12H,1-6H3. The van der Waals surface area contributed by atoms with Crippen molar-refractivity contribution in [1.29, 1.82) is 0 Å². The number of rotatable bonds is 7. The number of nitrogens with zero attached hydrogens (tertiary/aromatic N) is 2. The average molecular weight is 380 g/mol. The molecule has 0 spiro atoms. The maximum Gasteiger partial charge on any atom is 0.339 e. The van der Waals surface area contributed by atoms with Crippen LogP contribution in [0.4, 0.5) is 5.69 Å². The molecule has 0 bridgehead atoms. The Morgan fingerprint density at radius 1 is 0.963 bits per heavy atom. The predicted octanol–water partition coefficient (Wildman–Crippen LogP) is 2.57. The van der Waals surface area contributed by atoms with Gasteiger partial charge in [-0.05, 0) is 40.7 Å². The highest BCUT2D eigenvalue weighted by Crippen LogP contribution is 2.20. The van der Waals surface area contributed by atoms with Crippen LogP contribution in [0.1, 0.15) is 55.3 Å². The van der Waals surface area contributed by atoms with E-state index < -0.39 is 28.7 Å². The summed E-state index contributed by atoms with van der Waals surface area (Å²) in [6.07, 6.45) is -1.09. The Labute approximate surface area is 157 Å². The molecule has 1 aromatic carbocycles. The minimum Gasteiger partial charge on any atom is -0.465 e. The Morgan fingerprint density at radius 2 is 1.44 bits per heavy atom. The summed E-state index contributed by atoms with van der Waals surface area (Å²) in [7, 11) is 1.12. The lowest BCUT2D eigenvalue weighted by molar-refractivity contribution is -0.384. The highest BCUT2D eigenvalue weighted by molar-refractivity contribution is 5.97. The van der Waals surface area contributed by atoms with Crippen molar-refractivity contribution >= 4 is 23.5 Å². The van der Waals surface area contributed by atoms with E-state index >= 15 is 0 Å². The monoisotopic (exact) mass is 380 g/mol. The van der Waals surface area contributed by atoms with Crippen LogP contribution < -0.4 is 0 Å². The first kappa shape index (κ1) is 22.1. The highest BCUT2D eigenvalue weighted by Gasteiger charge is 2.28. The maximum atomic E-state index is 12.6. The van der Waals surface area contributed by atoms with E-state index in [0.29, 0.717) is 0 Å². The van der Waals surface area contributed by atoms with Crippen molar-refractivity contribution in [2.45, 2.75) is 52.8 Å². The van der Waals surface area contributed by atoms with Crippen LogP contribution in [0.5, 0.6) is 0 Å². The summed E-state index contributed by atoms with van der Waals surface area (Å²) in [5, 5.41) is 11.0. The fraction of sp³-hybridized carbons (Fsp3) is 0.500. The fourth-order valence-corrected chi connectivity index (χ4v) is 2.66. The average Bonchev–Trinajstić information content (AvgIpc) is 2.59. The molecule has 0 aliphatic carbocycles. The Hall–Kier alpha value is -2.97. The highest BCUT2D eigenvalue weighted by atomic mass is 16.6. The van der Waals surface area contributed by atoms with Crippen molar-refractivity contribution in [2.75, 3.05) is 7.11 Å². The van der Waals surface area contributed by atoms with E-state index in [0.717, 1.165) is 25.3 Å². The molecule has 0 N–H and O–H groups in total. The third kappa shape index (κ3) is 5.50. The lowest BCUT2D eigenvalue weighted by Gasteiger charge is -2.32. The van der Waals surface area contributed by atoms with Crippen LogP contribution in [-0.4, -0.2) is 53.0 Å². The number of benzene rings is 1. The molecule has 0 saturated heterocycles. The van der Waals surface area contributed by atoms with Gasteiger partial charge in [0.1, 0.15) is 0 Å². The number of amides is 1. The first-order valence-electron chi connectivity index (χ1n) is 8.40. The number of methoxy groups -OCH3 is 1. The molecule has 0 fully saturated rings. The van der Waals surface area contributed by atoms with Gasteiger partial charge in [0.25, 0.3) is 11.6 Å². The molecule has 1 amide bonds. The van der Waals surface area contributed by atoms with Gasteiger partial charge >= 0.3 is 11.9 Å². The summed E-state index contributed by atoms with van der Waals surface area (Å²) in [4.78, 5) is 48.5. The molecule has 0 aliphatic rings. The van der Waals surface area contributed by atoms with Crippen molar-refractivity contribution < 1.29 is 28.8 Å². The second kappa shape index (κ2) is 9.11. The number of hydrogen-bond acceptors (Lipinski definition) is 7. The smallest absolute Gasteiger partial charge is 0.339 e. The molecule has 0 aromatic heterocycles. The minimum absolute atomic E-state index is 0.0950. The summed E-state index contributed by atoms with van der Waals surface area (Å²) in [5.41, 5.74) is -0.844. The van der Waals surface area contributed by atoms with Crippen molar-refractivity contribution in [3.8, 4) is 0 Å². The first-order chi connectivity index (χ1) is 12.5. The van der Waals surface area contributed by atoms with Crippen molar-refractivity contribution in [3.63, 3.8) is 0 Å². The van der Waals surface area contributed by atoms with E-state index in [1.54, 1.807) is 4.90 Å². The molecule has 1 aromatic rings. The SMILES string of the molecule is COC(=O)c1cc(C(=O)OC(C)C(=O)N(C(C)C)C(C)C)cc([N+](=O)[O-])c1. The fourth-order valence-electron chi connectivity index (χ4n) is 2.66. The number of nitro benzene ring substituents is 1. The Morgan fingerprint density at radius 3 is 1.85 bits per heavy atom. The molecule has 0 heterocycles. The summed E-state index contributed by atoms with van der Waals surface area (Å²) >= 11 is 0. The zero-order valence-corrected chi connectivity index (χ0v) is 16.2. The molecule has 1 unspecified atom stereocenters. The van der Waals surface area contributed by atoms with Gasteiger partial charge in [-0.15, -0.1) is 0 Å². The first-order valence-corrected chi connectivity index (χ1v) is 8.40. The molecular weight excluding hydrogens is 356 g/mol. The van der Waals surface area contributed by atoms with Crippen molar-refractivity contribution in [1.82, 2.24) is 4.90 Å². The molecule has 1 rings (SSSR count). The van der Waals surface area contributed by atoms with Crippen LogP contribution in [-0.2, 0) is 14.3 Å². The Kier molecular flexibility index (Phi) is 7.45. The largest absolute Gasteiger partial charge is 0.465 e. The molecule has 0 aliphatic heterocycles. The van der Waals surface area contributed by atoms with E-state index in [-0.39, 0.29) is 29.1 Å². The maximum absolute atomic E-state index is 12.6. The molecule has 27 heavy (non-hydrogen) atoms. The molecule has 9 heteroatoms. The lowest BCUT2D eigenvalue weighted by Crippen LogP contribution is -2.47. The van der Waals surface area contributed by atoms with Gasteiger partial charge in [0.2, 0.25) is 0 Å². The molecule has 148 valence electrons. The van der Waals surface area contributed by atoms with Gasteiger partial charge in [-0.1, -0.05) is 0 Å². The van der Waals surface area contributed by atoms with Crippen LogP contribution in [0, 0.1) is 10.1 Å². The van der Waals surface area contributed by atoms with Gasteiger partial charge in [-0.3, -0.25) is 14.9 Å². The minimum atomic E-state index is -1.09. The zero-order chi connectivity index (χ0) is 20.9. The Balaban J connectivity index is 3.11. The predicted molar refractivity (Wildman–Crippen MR) is 96.4 cm³/mol. The van der Waals surface area contributed by atoms with Crippen LogP contribution in [0.2, 0.25) is 0 Å². The van der Waals surface area contributed by atoms with Gasteiger partial charge in [0.15, 0.2) is 6.10 Å². The van der Waals surface area contributed by atoms with Crippen LogP contribution in [0.15, 0.2) is 18.2 Å². The number of nitro groups is 1. The molecule has 0 radical (unpaired) electrons. The van der Waals surface area contributed by atoms with E-state index in [2.05, 4.69) is 4.74 Å². The van der Waals surface area contributed by atoms with Crippen LogP contribution in [0.3, 0.4) is 0 Å². The molecule has 9 nitrogen and oxygen atoms in total. The van der Waals surface area contributed by atoms with Gasteiger partial charge in [0, 0.05) is 24.2 Å². The van der Waals surface area contributed by atoms with Crippen molar-refractivity contribution in [3.05, 3.63) is 39.4 Å². The summed E-state index contributed by atoms with van der Waals surface area (Å²) < 4.78 is 9.71. The zero-order valence-electron chi connectivity index (χ0n) is 16.2. The number of carbonyl (C=O) groups is 3. The third-order valence-corrected chi connectivity index (χ3v) is 3.78. The number of hydrogen-bond donors (Lipinski definition) is 0. The van der Waals surface area contributed by atoms with E-state index in [1.165, 1.54) is 6.92 Å². The third-order valence-electron chi connectivity index (χ3n) is 3.78. The second-order valence-corrected chi connectivity index (χ2v) is 6.50. The van der Waals surface area contributed by atoms with E-state index in [4.69, 9.17) is 4.74 Å². The quantitative estimate of drug-likeness (QED) is 0.405. The van der Waals surface area contributed by atoms with Crippen LogP contribution in [0.25, 0.3) is 0 Å². The second-order valence-electron chi connectivity index (χ2n) is 6.50.